The number of aliphatic carboxylic acids is 1. The Labute approximate surface area is 146 Å². The van der Waals surface area contributed by atoms with Gasteiger partial charge in [-0.1, -0.05) is 13.8 Å². The lowest BCUT2D eigenvalue weighted by molar-refractivity contribution is -0.138. The van der Waals surface area contributed by atoms with Gasteiger partial charge in [-0.3, -0.25) is 19.2 Å². The van der Waals surface area contributed by atoms with Gasteiger partial charge in [0.1, 0.15) is 18.1 Å². The maximum atomic E-state index is 12.4. The minimum absolute atomic E-state index is 0.0323. The molecule has 8 N–H and O–H groups in total. The minimum Gasteiger partial charge on any atom is -0.481 e. The Bertz CT molecular complexity index is 494. The number of nitrogens with one attached hydrogen (secondary N) is 2. The summed E-state index contributed by atoms with van der Waals surface area (Å²) in [5.41, 5.74) is 10.7. The molecule has 0 aliphatic rings. The molecule has 144 valence electrons. The Balaban J connectivity index is 5.05. The van der Waals surface area contributed by atoms with Crippen LogP contribution >= 0.6 is 0 Å². The summed E-state index contributed by atoms with van der Waals surface area (Å²) >= 11 is 0. The fourth-order valence-corrected chi connectivity index (χ4v) is 2.02. The normalized spacial score (nSPS) is 15.8. The van der Waals surface area contributed by atoms with Crippen molar-refractivity contribution in [3.8, 4) is 0 Å². The van der Waals surface area contributed by atoms with Crippen molar-refractivity contribution in [1.82, 2.24) is 10.6 Å². The number of primary amides is 1. The molecule has 0 bridgehead atoms. The second-order valence-corrected chi connectivity index (χ2v) is 6.35. The molecule has 0 aromatic carbocycles. The first-order valence-corrected chi connectivity index (χ1v) is 8.01. The third kappa shape index (κ3) is 9.01. The van der Waals surface area contributed by atoms with E-state index in [0.29, 0.717) is 0 Å². The van der Waals surface area contributed by atoms with Gasteiger partial charge >= 0.3 is 5.97 Å². The summed E-state index contributed by atoms with van der Waals surface area (Å²) < 4.78 is 0. The second kappa shape index (κ2) is 10.6. The Kier molecular flexibility index (Phi) is 9.69. The van der Waals surface area contributed by atoms with Gasteiger partial charge in [-0.05, 0) is 25.7 Å². The number of hydrogen-bond acceptors (Lipinski definition) is 6. The lowest BCUT2D eigenvalue weighted by Gasteiger charge is -2.24. The fourth-order valence-electron chi connectivity index (χ4n) is 2.02. The molecule has 0 unspecified atom stereocenters. The molecule has 0 rings (SSSR count). The Morgan fingerprint density at radius 2 is 1.52 bits per heavy atom. The standard InChI is InChI=1S/C15H28N4O6/c1-7(2)6-10(19-15(25)12(16)8(3)20)14(24)18-9(13(17)23)4-5-11(21)22/h7-10,12,20H,4-6,16H2,1-3H3,(H2,17,23)(H,18,24)(H,19,25)(H,21,22)/t8-,9+,10+,12+/m1/s1. The van der Waals surface area contributed by atoms with Gasteiger partial charge in [0.2, 0.25) is 17.7 Å². The van der Waals surface area contributed by atoms with E-state index in [1.54, 1.807) is 0 Å². The molecule has 0 heterocycles. The lowest BCUT2D eigenvalue weighted by Crippen LogP contribution is -2.57. The number of amides is 3. The van der Waals surface area contributed by atoms with Crippen molar-refractivity contribution in [2.24, 2.45) is 17.4 Å². The first kappa shape index (κ1) is 22.8. The van der Waals surface area contributed by atoms with E-state index in [0.717, 1.165) is 0 Å². The van der Waals surface area contributed by atoms with Gasteiger partial charge in [-0.2, -0.15) is 0 Å². The summed E-state index contributed by atoms with van der Waals surface area (Å²) in [6, 6.07) is -3.37. The molecule has 0 aromatic rings. The van der Waals surface area contributed by atoms with E-state index < -0.39 is 47.9 Å². The number of aliphatic hydroxyl groups is 1. The molecule has 0 aliphatic heterocycles. The first-order chi connectivity index (χ1) is 11.5. The molecule has 4 atom stereocenters. The molecular weight excluding hydrogens is 332 g/mol. The zero-order valence-electron chi connectivity index (χ0n) is 14.7. The molecule has 10 nitrogen and oxygen atoms in total. The molecule has 0 fully saturated rings. The van der Waals surface area contributed by atoms with Gasteiger partial charge in [-0.15, -0.1) is 0 Å². The van der Waals surface area contributed by atoms with Crippen LogP contribution in [0, 0.1) is 5.92 Å². The predicted molar refractivity (Wildman–Crippen MR) is 89.0 cm³/mol. The molecule has 0 aliphatic carbocycles. The molecular formula is C15H28N4O6. The van der Waals surface area contributed by atoms with Crippen LogP contribution < -0.4 is 22.1 Å². The van der Waals surface area contributed by atoms with Crippen LogP contribution in [-0.4, -0.2) is 58.1 Å². The number of rotatable bonds is 11. The summed E-state index contributed by atoms with van der Waals surface area (Å²) in [6.07, 6.45) is -1.35. The third-order valence-electron chi connectivity index (χ3n) is 3.47. The Hall–Kier alpha value is -2.20. The number of carboxylic acid groups (broad SMARTS) is 1. The quantitative estimate of drug-likeness (QED) is 0.247. The van der Waals surface area contributed by atoms with E-state index in [-0.39, 0.29) is 25.2 Å². The molecule has 0 saturated heterocycles. The summed E-state index contributed by atoms with van der Waals surface area (Å²) in [5, 5.41) is 22.8. The Morgan fingerprint density at radius 1 is 1.00 bits per heavy atom. The number of carbonyl (C=O) groups is 4. The smallest absolute Gasteiger partial charge is 0.303 e. The van der Waals surface area contributed by atoms with Crippen molar-refractivity contribution < 1.29 is 29.4 Å². The van der Waals surface area contributed by atoms with Crippen molar-refractivity contribution >= 4 is 23.7 Å². The van der Waals surface area contributed by atoms with Gasteiger partial charge in [0.05, 0.1) is 6.10 Å². The highest BCUT2D eigenvalue weighted by Crippen LogP contribution is 2.07. The third-order valence-corrected chi connectivity index (χ3v) is 3.47. The molecule has 3 amide bonds. The van der Waals surface area contributed by atoms with E-state index in [9.17, 15) is 24.3 Å². The van der Waals surface area contributed by atoms with Crippen LogP contribution in [0.25, 0.3) is 0 Å². The monoisotopic (exact) mass is 360 g/mol. The average Bonchev–Trinajstić information content (AvgIpc) is 2.48. The van der Waals surface area contributed by atoms with Crippen molar-refractivity contribution in [1.29, 1.82) is 0 Å². The van der Waals surface area contributed by atoms with E-state index >= 15 is 0 Å². The molecule has 0 aromatic heterocycles. The van der Waals surface area contributed by atoms with E-state index in [1.807, 2.05) is 13.8 Å². The van der Waals surface area contributed by atoms with Crippen LogP contribution in [0.1, 0.15) is 40.0 Å². The Morgan fingerprint density at radius 3 is 1.92 bits per heavy atom. The van der Waals surface area contributed by atoms with Gasteiger partial charge in [0.15, 0.2) is 0 Å². The summed E-state index contributed by atoms with van der Waals surface area (Å²) in [5.74, 6) is -3.35. The number of nitrogens with two attached hydrogens (primary N) is 2. The molecule has 25 heavy (non-hydrogen) atoms. The maximum absolute atomic E-state index is 12.4. The van der Waals surface area contributed by atoms with Crippen LogP contribution in [0.4, 0.5) is 0 Å². The molecule has 10 heteroatoms. The van der Waals surface area contributed by atoms with Crippen LogP contribution in [0.3, 0.4) is 0 Å². The van der Waals surface area contributed by atoms with Gasteiger partial charge in [0.25, 0.3) is 0 Å². The molecule has 0 radical (unpaired) electrons. The largest absolute Gasteiger partial charge is 0.481 e. The topological polar surface area (TPSA) is 185 Å². The van der Waals surface area contributed by atoms with Crippen molar-refractivity contribution in [2.45, 2.75) is 64.3 Å². The highest BCUT2D eigenvalue weighted by atomic mass is 16.4. The highest BCUT2D eigenvalue weighted by Gasteiger charge is 2.29. The van der Waals surface area contributed by atoms with Crippen LogP contribution in [0.2, 0.25) is 0 Å². The van der Waals surface area contributed by atoms with Crippen LogP contribution in [0.5, 0.6) is 0 Å². The summed E-state index contributed by atoms with van der Waals surface area (Å²) in [7, 11) is 0. The molecule has 0 spiro atoms. The SMILES string of the molecule is CC(C)C[C@H](NC(=O)[C@@H](N)[C@@H](C)O)C(=O)N[C@@H](CCC(=O)O)C(N)=O. The number of hydrogen-bond donors (Lipinski definition) is 6. The fraction of sp³-hybridized carbons (Fsp3) is 0.733. The summed E-state index contributed by atoms with van der Waals surface area (Å²) in [6.45, 7) is 5.00. The van der Waals surface area contributed by atoms with E-state index in [4.69, 9.17) is 16.6 Å². The zero-order valence-corrected chi connectivity index (χ0v) is 14.7. The van der Waals surface area contributed by atoms with Crippen LogP contribution in [-0.2, 0) is 19.2 Å². The van der Waals surface area contributed by atoms with Crippen molar-refractivity contribution in [3.05, 3.63) is 0 Å². The van der Waals surface area contributed by atoms with Crippen molar-refractivity contribution in [3.63, 3.8) is 0 Å². The maximum Gasteiger partial charge on any atom is 0.303 e. The number of carboxylic acids is 1. The molecule has 0 saturated carbocycles. The number of carbonyl (C=O) groups excluding carboxylic acids is 3. The summed E-state index contributed by atoms with van der Waals surface area (Å²) in [4.78, 5) is 46.4. The highest BCUT2D eigenvalue weighted by molar-refractivity contribution is 5.92. The number of aliphatic hydroxyl groups excluding tert-OH is 1. The minimum atomic E-state index is -1.21. The van der Waals surface area contributed by atoms with Gasteiger partial charge < -0.3 is 32.3 Å². The van der Waals surface area contributed by atoms with Gasteiger partial charge in [0, 0.05) is 6.42 Å². The van der Waals surface area contributed by atoms with Gasteiger partial charge in [-0.25, -0.2) is 0 Å². The lowest BCUT2D eigenvalue weighted by atomic mass is 10.0. The zero-order chi connectivity index (χ0) is 19.7. The second-order valence-electron chi connectivity index (χ2n) is 6.35. The van der Waals surface area contributed by atoms with Crippen LogP contribution in [0.15, 0.2) is 0 Å². The average molecular weight is 360 g/mol. The first-order valence-electron chi connectivity index (χ1n) is 8.01. The van der Waals surface area contributed by atoms with E-state index in [1.165, 1.54) is 6.92 Å². The van der Waals surface area contributed by atoms with Crippen molar-refractivity contribution in [2.75, 3.05) is 0 Å². The predicted octanol–water partition coefficient (Wildman–Crippen LogP) is -1.94. The van der Waals surface area contributed by atoms with E-state index in [2.05, 4.69) is 10.6 Å².